The van der Waals surface area contributed by atoms with Crippen LogP contribution in [0.1, 0.15) is 37.6 Å². The summed E-state index contributed by atoms with van der Waals surface area (Å²) in [6, 6.07) is 8.11. The summed E-state index contributed by atoms with van der Waals surface area (Å²) in [6.45, 7) is 2.19. The van der Waals surface area contributed by atoms with Gasteiger partial charge in [-0.3, -0.25) is 4.79 Å². The van der Waals surface area contributed by atoms with Gasteiger partial charge in [0.1, 0.15) is 5.82 Å². The molecule has 22 heavy (non-hydrogen) atoms. The van der Waals surface area contributed by atoms with Gasteiger partial charge in [0.2, 0.25) is 0 Å². The van der Waals surface area contributed by atoms with Gasteiger partial charge in [-0.2, -0.15) is 5.10 Å². The highest BCUT2D eigenvalue weighted by Gasteiger charge is 2.25. The topological polar surface area (TPSA) is 61.4 Å². The van der Waals surface area contributed by atoms with Gasteiger partial charge in [-0.25, -0.2) is 9.99 Å². The van der Waals surface area contributed by atoms with E-state index in [0.29, 0.717) is 12.8 Å². The van der Waals surface area contributed by atoms with Crippen LogP contribution in [0.5, 0.6) is 0 Å². The molecule has 2 heterocycles. The molecule has 0 saturated carbocycles. The van der Waals surface area contributed by atoms with Crippen LogP contribution in [-0.2, 0) is 17.6 Å². The Hall–Kier alpha value is -2.43. The van der Waals surface area contributed by atoms with Crippen molar-refractivity contribution >= 4 is 17.3 Å². The van der Waals surface area contributed by atoms with Gasteiger partial charge in [0.25, 0.3) is 5.91 Å². The molecule has 1 aromatic carbocycles. The molecule has 1 aromatic heterocycles. The third kappa shape index (κ3) is 3.24. The number of carbonyl (C=O) groups is 1. The Morgan fingerprint density at radius 2 is 2.09 bits per heavy atom. The van der Waals surface area contributed by atoms with E-state index < -0.39 is 0 Å². The zero-order valence-corrected chi connectivity index (χ0v) is 12.7. The smallest absolute Gasteiger partial charge is 0.253 e. The minimum Gasteiger partial charge on any atom is -0.348 e. The van der Waals surface area contributed by atoms with E-state index >= 15 is 0 Å². The monoisotopic (exact) mass is 296 g/mol. The van der Waals surface area contributed by atoms with E-state index in [1.54, 1.807) is 12.4 Å². The van der Waals surface area contributed by atoms with Gasteiger partial charge in [0.15, 0.2) is 0 Å². The number of aromatic nitrogens is 2. The maximum Gasteiger partial charge on any atom is 0.253 e. The fourth-order valence-corrected chi connectivity index (χ4v) is 2.55. The first-order chi connectivity index (χ1) is 10.8. The summed E-state index contributed by atoms with van der Waals surface area (Å²) in [7, 11) is 0. The number of nitrogens with zero attached hydrogens (tertiary/aromatic N) is 3. The Balaban J connectivity index is 1.70. The maximum atomic E-state index is 12.2. The number of hydrogen-bond donors (Lipinski definition) is 1. The molecule has 0 aliphatic carbocycles. The number of nitrogens with one attached hydrogen (secondary N) is 1. The molecule has 0 fully saturated rings. The molecule has 0 spiro atoms. The predicted octanol–water partition coefficient (Wildman–Crippen LogP) is 3.09. The predicted molar refractivity (Wildman–Crippen MR) is 86.9 cm³/mol. The van der Waals surface area contributed by atoms with Gasteiger partial charge in [0, 0.05) is 18.8 Å². The molecule has 0 bridgehead atoms. The molecular weight excluding hydrogens is 276 g/mol. The SMILES string of the molecule is CCCCc1ccc(N2N=C(Cc3ncc[nH]3)CC2=O)cc1. The van der Waals surface area contributed by atoms with Gasteiger partial charge >= 0.3 is 0 Å². The van der Waals surface area contributed by atoms with E-state index in [0.717, 1.165) is 23.6 Å². The minimum absolute atomic E-state index is 0.0165. The number of hydrazone groups is 1. The quantitative estimate of drug-likeness (QED) is 0.890. The number of H-pyrrole nitrogens is 1. The number of amides is 1. The average molecular weight is 296 g/mol. The van der Waals surface area contributed by atoms with Crippen LogP contribution in [0.15, 0.2) is 41.8 Å². The van der Waals surface area contributed by atoms with Crippen LogP contribution in [0.4, 0.5) is 5.69 Å². The molecule has 0 radical (unpaired) electrons. The number of carbonyl (C=O) groups excluding carboxylic acids is 1. The molecule has 0 saturated heterocycles. The van der Waals surface area contributed by atoms with Crippen molar-refractivity contribution < 1.29 is 4.79 Å². The lowest BCUT2D eigenvalue weighted by atomic mass is 10.1. The van der Waals surface area contributed by atoms with Crippen LogP contribution in [0.2, 0.25) is 0 Å². The van der Waals surface area contributed by atoms with Crippen molar-refractivity contribution in [2.45, 2.75) is 39.0 Å². The second-order valence-electron chi connectivity index (χ2n) is 5.53. The van der Waals surface area contributed by atoms with Crippen molar-refractivity contribution in [1.82, 2.24) is 9.97 Å². The lowest BCUT2D eigenvalue weighted by molar-refractivity contribution is -0.116. The largest absolute Gasteiger partial charge is 0.348 e. The van der Waals surface area contributed by atoms with E-state index in [2.05, 4.69) is 34.1 Å². The Labute approximate surface area is 130 Å². The number of unbranched alkanes of at least 4 members (excludes halogenated alkanes) is 1. The van der Waals surface area contributed by atoms with E-state index in [-0.39, 0.29) is 5.91 Å². The number of aryl methyl sites for hydroxylation is 1. The van der Waals surface area contributed by atoms with Gasteiger partial charge in [-0.15, -0.1) is 0 Å². The van der Waals surface area contributed by atoms with Crippen LogP contribution >= 0.6 is 0 Å². The summed E-state index contributed by atoms with van der Waals surface area (Å²) >= 11 is 0. The normalized spacial score (nSPS) is 14.5. The highest BCUT2D eigenvalue weighted by molar-refractivity contribution is 6.13. The van der Waals surface area contributed by atoms with Gasteiger partial charge < -0.3 is 4.98 Å². The van der Waals surface area contributed by atoms with E-state index in [1.807, 2.05) is 12.1 Å². The molecule has 5 heteroatoms. The van der Waals surface area contributed by atoms with Crippen molar-refractivity contribution in [1.29, 1.82) is 0 Å². The molecule has 2 aromatic rings. The average Bonchev–Trinajstić information content (AvgIpc) is 3.16. The number of hydrogen-bond acceptors (Lipinski definition) is 3. The number of aromatic amines is 1. The summed E-state index contributed by atoms with van der Waals surface area (Å²) in [5.74, 6) is 0.853. The molecule has 5 nitrogen and oxygen atoms in total. The summed E-state index contributed by atoms with van der Waals surface area (Å²) < 4.78 is 0. The Morgan fingerprint density at radius 3 is 2.77 bits per heavy atom. The number of benzene rings is 1. The second-order valence-corrected chi connectivity index (χ2v) is 5.53. The van der Waals surface area contributed by atoms with Gasteiger partial charge in [-0.05, 0) is 30.5 Å². The third-order valence-corrected chi connectivity index (χ3v) is 3.76. The van der Waals surface area contributed by atoms with Gasteiger partial charge in [-0.1, -0.05) is 25.5 Å². The minimum atomic E-state index is 0.0165. The third-order valence-electron chi connectivity index (χ3n) is 3.76. The van der Waals surface area contributed by atoms with Crippen molar-refractivity contribution in [2.75, 3.05) is 5.01 Å². The summed E-state index contributed by atoms with van der Waals surface area (Å²) in [5.41, 5.74) is 2.98. The van der Waals surface area contributed by atoms with E-state index in [1.165, 1.54) is 23.4 Å². The molecule has 114 valence electrons. The van der Waals surface area contributed by atoms with Crippen molar-refractivity contribution in [3.05, 3.63) is 48.0 Å². The van der Waals surface area contributed by atoms with E-state index in [9.17, 15) is 4.79 Å². The first-order valence-electron chi connectivity index (χ1n) is 7.72. The first-order valence-corrected chi connectivity index (χ1v) is 7.72. The number of anilines is 1. The number of imidazole rings is 1. The summed E-state index contributed by atoms with van der Waals surface area (Å²) in [5, 5.41) is 5.95. The number of rotatable bonds is 6. The fourth-order valence-electron chi connectivity index (χ4n) is 2.55. The Kier molecular flexibility index (Phi) is 4.32. The summed E-state index contributed by atoms with van der Waals surface area (Å²) in [4.78, 5) is 19.4. The molecule has 1 amide bonds. The lowest BCUT2D eigenvalue weighted by Gasteiger charge is -2.12. The molecule has 1 aliphatic rings. The zero-order valence-electron chi connectivity index (χ0n) is 12.7. The first kappa shape index (κ1) is 14.5. The molecule has 0 atom stereocenters. The van der Waals surface area contributed by atoms with Crippen LogP contribution < -0.4 is 5.01 Å². The second kappa shape index (κ2) is 6.56. The Morgan fingerprint density at radius 1 is 1.27 bits per heavy atom. The zero-order chi connectivity index (χ0) is 15.4. The fraction of sp³-hybridized carbons (Fsp3) is 0.353. The maximum absolute atomic E-state index is 12.2. The van der Waals surface area contributed by atoms with Gasteiger partial charge in [0.05, 0.1) is 17.8 Å². The summed E-state index contributed by atoms with van der Waals surface area (Å²) in [6.07, 6.45) is 7.89. The highest BCUT2D eigenvalue weighted by Crippen LogP contribution is 2.22. The molecule has 3 rings (SSSR count). The highest BCUT2D eigenvalue weighted by atomic mass is 16.2. The standard InChI is InChI=1S/C17H20N4O/c1-2-3-4-13-5-7-15(8-6-13)21-17(22)12-14(20-21)11-16-18-9-10-19-16/h5-10H,2-4,11-12H2,1H3,(H,18,19). The molecule has 1 aliphatic heterocycles. The molecule has 1 N–H and O–H groups in total. The van der Waals surface area contributed by atoms with Crippen LogP contribution in [0.3, 0.4) is 0 Å². The Bertz CT molecular complexity index is 658. The van der Waals surface area contributed by atoms with Crippen molar-refractivity contribution in [3.63, 3.8) is 0 Å². The van der Waals surface area contributed by atoms with Crippen molar-refractivity contribution in [2.24, 2.45) is 5.10 Å². The van der Waals surface area contributed by atoms with Crippen LogP contribution in [0, 0.1) is 0 Å². The van der Waals surface area contributed by atoms with Crippen LogP contribution in [-0.4, -0.2) is 21.6 Å². The van der Waals surface area contributed by atoms with Crippen molar-refractivity contribution in [3.8, 4) is 0 Å². The lowest BCUT2D eigenvalue weighted by Crippen LogP contribution is -2.19. The van der Waals surface area contributed by atoms with E-state index in [4.69, 9.17) is 0 Å². The molecule has 0 unspecified atom stereocenters. The molecular formula is C17H20N4O. The van der Waals surface area contributed by atoms with Crippen LogP contribution in [0.25, 0.3) is 0 Å².